The average Bonchev–Trinajstić information content (AvgIpc) is 2.16. The van der Waals surface area contributed by atoms with Gasteiger partial charge in [0.15, 0.2) is 9.84 Å². The maximum absolute atomic E-state index is 12.2. The van der Waals surface area contributed by atoms with Crippen molar-refractivity contribution in [3.63, 3.8) is 0 Å². The van der Waals surface area contributed by atoms with Crippen molar-refractivity contribution < 1.29 is 13.2 Å². The van der Waals surface area contributed by atoms with E-state index in [0.717, 1.165) is 32.1 Å². The highest BCUT2D eigenvalue weighted by Gasteiger charge is 2.40. The summed E-state index contributed by atoms with van der Waals surface area (Å²) in [4.78, 5) is 10.7. The van der Waals surface area contributed by atoms with Gasteiger partial charge < -0.3 is 5.32 Å². The topological polar surface area (TPSA) is 63.2 Å². The molecular weight excluding hydrogens is 238 g/mol. The molecule has 0 radical (unpaired) electrons. The second-order valence-corrected chi connectivity index (χ2v) is 8.72. The Bertz CT molecular complexity index is 362. The second kappa shape index (κ2) is 4.96. The van der Waals surface area contributed by atoms with E-state index < -0.39 is 20.1 Å². The van der Waals surface area contributed by atoms with E-state index >= 15 is 0 Å². The van der Waals surface area contributed by atoms with Crippen LogP contribution in [0.3, 0.4) is 0 Å². The van der Waals surface area contributed by atoms with Crippen LogP contribution in [-0.4, -0.2) is 30.9 Å². The van der Waals surface area contributed by atoms with Crippen LogP contribution >= 0.6 is 0 Å². The minimum atomic E-state index is -3.20. The molecule has 0 spiro atoms. The van der Waals surface area contributed by atoms with Crippen molar-refractivity contribution in [3.05, 3.63) is 0 Å². The fraction of sp³-hybridized carbons (Fsp3) is 0.917. The lowest BCUT2D eigenvalue weighted by molar-refractivity contribution is -0.111. The maximum Gasteiger partial charge on any atom is 0.207 e. The van der Waals surface area contributed by atoms with Gasteiger partial charge in [-0.2, -0.15) is 0 Å². The minimum absolute atomic E-state index is 0.0578. The van der Waals surface area contributed by atoms with E-state index in [9.17, 15) is 13.2 Å². The largest absolute Gasteiger partial charge is 0.352 e. The van der Waals surface area contributed by atoms with E-state index in [-0.39, 0.29) is 5.75 Å². The van der Waals surface area contributed by atoms with E-state index in [1.54, 1.807) is 20.8 Å². The van der Waals surface area contributed by atoms with Crippen LogP contribution in [0.4, 0.5) is 0 Å². The predicted octanol–water partition coefficient (Wildman–Crippen LogP) is 1.65. The molecular formula is C12H23NO3S. The predicted molar refractivity (Wildman–Crippen MR) is 68.6 cm³/mol. The van der Waals surface area contributed by atoms with E-state index in [1.807, 2.05) is 0 Å². The zero-order valence-corrected chi connectivity index (χ0v) is 11.8. The number of sulfone groups is 1. The van der Waals surface area contributed by atoms with Gasteiger partial charge in [-0.05, 0) is 33.6 Å². The Morgan fingerprint density at radius 2 is 1.71 bits per heavy atom. The molecule has 0 aromatic rings. The normalized spacial score (nSPS) is 20.9. The standard InChI is InChI=1S/C12H23NO3S/c1-11(2,3)17(15,16)9-12(13-10-14)7-5-4-6-8-12/h10H,4-9H2,1-3H3,(H,13,14). The molecule has 1 amide bonds. The van der Waals surface area contributed by atoms with Crippen LogP contribution in [0.2, 0.25) is 0 Å². The van der Waals surface area contributed by atoms with Gasteiger partial charge in [-0.25, -0.2) is 8.42 Å². The lowest BCUT2D eigenvalue weighted by atomic mass is 9.83. The number of nitrogens with one attached hydrogen (secondary N) is 1. The highest BCUT2D eigenvalue weighted by atomic mass is 32.2. The summed E-state index contributed by atoms with van der Waals surface area (Å²) < 4.78 is 23.7. The summed E-state index contributed by atoms with van der Waals surface area (Å²) in [5.41, 5.74) is -0.536. The SMILES string of the molecule is CC(C)(C)S(=O)(=O)CC1(NC=O)CCCCC1. The van der Waals surface area contributed by atoms with Gasteiger partial charge in [0.25, 0.3) is 0 Å². The third-order valence-electron chi connectivity index (χ3n) is 3.58. The Labute approximate surface area is 104 Å². The number of rotatable bonds is 4. The summed E-state index contributed by atoms with van der Waals surface area (Å²) in [5.74, 6) is 0.0578. The highest BCUT2D eigenvalue weighted by Crippen LogP contribution is 2.32. The molecule has 1 saturated carbocycles. The molecule has 17 heavy (non-hydrogen) atoms. The number of hydrogen-bond acceptors (Lipinski definition) is 3. The first kappa shape index (κ1) is 14.5. The Morgan fingerprint density at radius 1 is 1.18 bits per heavy atom. The number of amides is 1. The minimum Gasteiger partial charge on any atom is -0.352 e. The third kappa shape index (κ3) is 3.44. The summed E-state index contributed by atoms with van der Waals surface area (Å²) in [7, 11) is -3.20. The quantitative estimate of drug-likeness (QED) is 0.783. The van der Waals surface area contributed by atoms with Gasteiger partial charge in [0.2, 0.25) is 6.41 Å². The van der Waals surface area contributed by atoms with E-state index in [4.69, 9.17) is 0 Å². The van der Waals surface area contributed by atoms with Crippen molar-refractivity contribution in [2.45, 2.75) is 63.2 Å². The lowest BCUT2D eigenvalue weighted by Crippen LogP contribution is -2.53. The molecule has 0 atom stereocenters. The van der Waals surface area contributed by atoms with Crippen LogP contribution < -0.4 is 5.32 Å². The maximum atomic E-state index is 12.2. The summed E-state index contributed by atoms with van der Waals surface area (Å²) >= 11 is 0. The van der Waals surface area contributed by atoms with Crippen LogP contribution in [0.5, 0.6) is 0 Å². The van der Waals surface area contributed by atoms with Crippen molar-refractivity contribution in [1.82, 2.24) is 5.32 Å². The zero-order chi connectivity index (χ0) is 13.2. The molecule has 1 aliphatic rings. The molecule has 5 heteroatoms. The van der Waals surface area contributed by atoms with Gasteiger partial charge >= 0.3 is 0 Å². The molecule has 0 bridgehead atoms. The summed E-state index contributed by atoms with van der Waals surface area (Å²) in [6, 6.07) is 0. The Morgan fingerprint density at radius 3 is 2.12 bits per heavy atom. The Balaban J connectivity index is 2.91. The van der Waals surface area contributed by atoms with Crippen molar-refractivity contribution in [2.24, 2.45) is 0 Å². The van der Waals surface area contributed by atoms with Crippen molar-refractivity contribution in [1.29, 1.82) is 0 Å². The molecule has 0 saturated heterocycles. The molecule has 0 aromatic heterocycles. The van der Waals surface area contributed by atoms with Gasteiger partial charge in [0.05, 0.1) is 16.0 Å². The van der Waals surface area contributed by atoms with Gasteiger partial charge in [-0.1, -0.05) is 19.3 Å². The summed E-state index contributed by atoms with van der Waals surface area (Å²) in [6.07, 6.45) is 5.27. The summed E-state index contributed by atoms with van der Waals surface area (Å²) in [6.45, 7) is 5.12. The monoisotopic (exact) mass is 261 g/mol. The first-order chi connectivity index (χ1) is 7.72. The Hall–Kier alpha value is -0.580. The number of carbonyl (C=O) groups excluding carboxylic acids is 1. The van der Waals surface area contributed by atoms with Crippen molar-refractivity contribution in [2.75, 3.05) is 5.75 Å². The van der Waals surface area contributed by atoms with E-state index in [0.29, 0.717) is 6.41 Å². The molecule has 4 nitrogen and oxygen atoms in total. The van der Waals surface area contributed by atoms with Gasteiger partial charge in [-0.15, -0.1) is 0 Å². The molecule has 1 N–H and O–H groups in total. The van der Waals surface area contributed by atoms with Crippen molar-refractivity contribution >= 4 is 16.2 Å². The van der Waals surface area contributed by atoms with Crippen LogP contribution in [-0.2, 0) is 14.6 Å². The smallest absolute Gasteiger partial charge is 0.207 e. The fourth-order valence-corrected chi connectivity index (χ4v) is 3.80. The first-order valence-corrected chi connectivity index (χ1v) is 7.81. The molecule has 1 aliphatic carbocycles. The fourth-order valence-electron chi connectivity index (χ4n) is 2.26. The van der Waals surface area contributed by atoms with Crippen molar-refractivity contribution in [3.8, 4) is 0 Å². The molecule has 1 fully saturated rings. The molecule has 1 rings (SSSR count). The summed E-state index contributed by atoms with van der Waals surface area (Å²) in [5, 5.41) is 2.77. The van der Waals surface area contributed by atoms with Crippen LogP contribution in [0.1, 0.15) is 52.9 Å². The second-order valence-electron chi connectivity index (χ2n) is 5.97. The van der Waals surface area contributed by atoms with E-state index in [2.05, 4.69) is 5.32 Å². The molecule has 100 valence electrons. The van der Waals surface area contributed by atoms with Gasteiger partial charge in [-0.3, -0.25) is 4.79 Å². The number of hydrogen-bond donors (Lipinski definition) is 1. The zero-order valence-electron chi connectivity index (χ0n) is 11.0. The van der Waals surface area contributed by atoms with Gasteiger partial charge in [0.1, 0.15) is 0 Å². The average molecular weight is 261 g/mol. The first-order valence-electron chi connectivity index (χ1n) is 6.16. The van der Waals surface area contributed by atoms with Gasteiger partial charge in [0, 0.05) is 0 Å². The molecule has 0 aliphatic heterocycles. The third-order valence-corrected chi connectivity index (χ3v) is 6.37. The van der Waals surface area contributed by atoms with Crippen LogP contribution in [0.25, 0.3) is 0 Å². The van der Waals surface area contributed by atoms with E-state index in [1.165, 1.54) is 0 Å². The van der Waals surface area contributed by atoms with Crippen LogP contribution in [0, 0.1) is 0 Å². The lowest BCUT2D eigenvalue weighted by Gasteiger charge is -2.38. The highest BCUT2D eigenvalue weighted by molar-refractivity contribution is 7.92. The molecule has 0 heterocycles. The Kier molecular flexibility index (Phi) is 4.23. The molecule has 0 aromatic carbocycles. The number of carbonyl (C=O) groups is 1. The van der Waals surface area contributed by atoms with Crippen LogP contribution in [0.15, 0.2) is 0 Å². The molecule has 0 unspecified atom stereocenters.